The molecule has 1 aromatic carbocycles. The summed E-state index contributed by atoms with van der Waals surface area (Å²) < 4.78 is 10.4. The molecule has 0 spiro atoms. The fourth-order valence-corrected chi connectivity index (χ4v) is 2.09. The zero-order valence-corrected chi connectivity index (χ0v) is 11.7. The van der Waals surface area contributed by atoms with E-state index in [9.17, 15) is 0 Å². The minimum absolute atomic E-state index is 0.0592. The molecule has 1 aromatic heterocycles. The summed E-state index contributed by atoms with van der Waals surface area (Å²) in [5.41, 5.74) is 4.93. The van der Waals surface area contributed by atoms with Gasteiger partial charge in [-0.1, -0.05) is 18.2 Å². The third-order valence-electron chi connectivity index (χ3n) is 3.22. The molecule has 108 valence electrons. The van der Waals surface area contributed by atoms with Crippen LogP contribution in [-0.4, -0.2) is 31.9 Å². The predicted octanol–water partition coefficient (Wildman–Crippen LogP) is 1.79. The zero-order valence-electron chi connectivity index (χ0n) is 11.7. The fraction of sp³-hybridized carbons (Fsp3) is 0.400. The monoisotopic (exact) mass is 275 g/mol. The van der Waals surface area contributed by atoms with Crippen LogP contribution in [0.1, 0.15) is 18.0 Å². The smallest absolute Gasteiger partial charge is 0.0705 e. The maximum Gasteiger partial charge on any atom is 0.0705 e. The number of nitrogens with two attached hydrogens (primary N) is 1. The molecular formula is C15H21N3O2. The van der Waals surface area contributed by atoms with Crippen molar-refractivity contribution in [1.29, 1.82) is 0 Å². The zero-order chi connectivity index (χ0) is 14.2. The maximum absolute atomic E-state index is 5.64. The van der Waals surface area contributed by atoms with E-state index >= 15 is 0 Å². The van der Waals surface area contributed by atoms with E-state index in [2.05, 4.69) is 28.6 Å². The summed E-state index contributed by atoms with van der Waals surface area (Å²) >= 11 is 0. The van der Waals surface area contributed by atoms with Gasteiger partial charge in [0, 0.05) is 31.3 Å². The Labute approximate surface area is 119 Å². The second kappa shape index (κ2) is 7.91. The lowest BCUT2D eigenvalue weighted by molar-refractivity contribution is 0.0658. The van der Waals surface area contributed by atoms with Gasteiger partial charge < -0.3 is 9.47 Å². The number of rotatable bonds is 8. The van der Waals surface area contributed by atoms with Crippen LogP contribution in [0, 0.1) is 0 Å². The van der Waals surface area contributed by atoms with Gasteiger partial charge in [-0.15, -0.1) is 0 Å². The Kier molecular flexibility index (Phi) is 5.88. The summed E-state index contributed by atoms with van der Waals surface area (Å²) in [5.74, 6) is 5.64. The lowest BCUT2D eigenvalue weighted by Crippen LogP contribution is -2.29. The standard InChI is InChI=1S/C15H21N3O2/c1-19-9-10-20-8-6-14(18-16)13-5-4-12-3-2-7-17-15(12)11-13/h2-5,7,11,14,18H,6,8-10,16H2,1H3. The number of methoxy groups -OCH3 is 1. The fourth-order valence-electron chi connectivity index (χ4n) is 2.09. The quantitative estimate of drug-likeness (QED) is 0.437. The van der Waals surface area contributed by atoms with E-state index in [1.165, 1.54) is 0 Å². The number of nitrogens with zero attached hydrogens (tertiary/aromatic N) is 1. The Balaban J connectivity index is 1.98. The van der Waals surface area contributed by atoms with E-state index in [4.69, 9.17) is 15.3 Å². The summed E-state index contributed by atoms with van der Waals surface area (Å²) in [6.07, 6.45) is 2.60. The third-order valence-corrected chi connectivity index (χ3v) is 3.22. The van der Waals surface area contributed by atoms with Crippen LogP contribution in [0.25, 0.3) is 10.9 Å². The Bertz CT molecular complexity index is 533. The molecule has 1 unspecified atom stereocenters. The first-order valence-electron chi connectivity index (χ1n) is 6.72. The molecule has 5 nitrogen and oxygen atoms in total. The highest BCUT2D eigenvalue weighted by atomic mass is 16.5. The lowest BCUT2D eigenvalue weighted by Gasteiger charge is -2.16. The van der Waals surface area contributed by atoms with Gasteiger partial charge in [0.25, 0.3) is 0 Å². The van der Waals surface area contributed by atoms with Gasteiger partial charge in [-0.2, -0.15) is 0 Å². The number of aromatic nitrogens is 1. The number of ether oxygens (including phenoxy) is 2. The van der Waals surface area contributed by atoms with Crippen molar-refractivity contribution in [2.24, 2.45) is 5.84 Å². The highest BCUT2D eigenvalue weighted by Gasteiger charge is 2.10. The predicted molar refractivity (Wildman–Crippen MR) is 79.1 cm³/mol. The number of pyridine rings is 1. The average molecular weight is 275 g/mol. The number of hydrogen-bond acceptors (Lipinski definition) is 5. The van der Waals surface area contributed by atoms with Gasteiger partial charge in [-0.25, -0.2) is 0 Å². The Morgan fingerprint density at radius 1 is 1.25 bits per heavy atom. The Morgan fingerprint density at radius 3 is 2.95 bits per heavy atom. The molecule has 3 N–H and O–H groups in total. The second-order valence-electron chi connectivity index (χ2n) is 4.57. The summed E-state index contributed by atoms with van der Waals surface area (Å²) in [6.45, 7) is 1.85. The van der Waals surface area contributed by atoms with E-state index in [0.29, 0.717) is 19.8 Å². The van der Waals surface area contributed by atoms with Gasteiger partial charge in [0.1, 0.15) is 0 Å². The summed E-state index contributed by atoms with van der Waals surface area (Å²) in [6, 6.07) is 10.2. The number of benzene rings is 1. The first-order valence-corrected chi connectivity index (χ1v) is 6.72. The molecule has 0 aliphatic carbocycles. The van der Waals surface area contributed by atoms with Crippen molar-refractivity contribution in [2.45, 2.75) is 12.5 Å². The number of hydrazine groups is 1. The first-order chi connectivity index (χ1) is 9.85. The summed E-state index contributed by atoms with van der Waals surface area (Å²) in [4.78, 5) is 4.36. The van der Waals surface area contributed by atoms with Crippen molar-refractivity contribution in [3.8, 4) is 0 Å². The van der Waals surface area contributed by atoms with Crippen molar-refractivity contribution in [3.63, 3.8) is 0 Å². The summed E-state index contributed by atoms with van der Waals surface area (Å²) in [5, 5.41) is 1.13. The van der Waals surface area contributed by atoms with Gasteiger partial charge in [-0.3, -0.25) is 16.3 Å². The third kappa shape index (κ3) is 3.98. The summed E-state index contributed by atoms with van der Waals surface area (Å²) in [7, 11) is 1.66. The molecule has 0 aliphatic heterocycles. The SMILES string of the molecule is COCCOCCC(NN)c1ccc2cccnc2c1. The minimum atomic E-state index is 0.0592. The molecule has 20 heavy (non-hydrogen) atoms. The minimum Gasteiger partial charge on any atom is -0.382 e. The van der Waals surface area contributed by atoms with Crippen LogP contribution in [-0.2, 0) is 9.47 Å². The van der Waals surface area contributed by atoms with Crippen LogP contribution in [0.2, 0.25) is 0 Å². The van der Waals surface area contributed by atoms with E-state index in [1.807, 2.05) is 12.1 Å². The molecule has 0 bridgehead atoms. The van der Waals surface area contributed by atoms with E-state index in [-0.39, 0.29) is 6.04 Å². The molecule has 1 heterocycles. The molecule has 2 aromatic rings. The molecule has 0 radical (unpaired) electrons. The van der Waals surface area contributed by atoms with Gasteiger partial charge >= 0.3 is 0 Å². The van der Waals surface area contributed by atoms with Gasteiger partial charge in [0.15, 0.2) is 0 Å². The maximum atomic E-state index is 5.64. The number of fused-ring (bicyclic) bond motifs is 1. The van der Waals surface area contributed by atoms with Crippen molar-refractivity contribution >= 4 is 10.9 Å². The van der Waals surface area contributed by atoms with Gasteiger partial charge in [0.2, 0.25) is 0 Å². The first kappa shape index (κ1) is 14.9. The topological polar surface area (TPSA) is 69.4 Å². The van der Waals surface area contributed by atoms with Crippen LogP contribution in [0.3, 0.4) is 0 Å². The molecule has 5 heteroatoms. The van der Waals surface area contributed by atoms with Crippen LogP contribution in [0.5, 0.6) is 0 Å². The largest absolute Gasteiger partial charge is 0.382 e. The van der Waals surface area contributed by atoms with Crippen molar-refractivity contribution in [1.82, 2.24) is 10.4 Å². The van der Waals surface area contributed by atoms with Crippen molar-refractivity contribution in [3.05, 3.63) is 42.1 Å². The van der Waals surface area contributed by atoms with Crippen LogP contribution in [0.15, 0.2) is 36.5 Å². The number of nitrogens with one attached hydrogen (secondary N) is 1. The Morgan fingerprint density at radius 2 is 2.15 bits per heavy atom. The van der Waals surface area contributed by atoms with Crippen molar-refractivity contribution < 1.29 is 9.47 Å². The van der Waals surface area contributed by atoms with E-state index in [0.717, 1.165) is 22.9 Å². The van der Waals surface area contributed by atoms with E-state index < -0.39 is 0 Å². The second-order valence-corrected chi connectivity index (χ2v) is 4.57. The number of hydrogen-bond donors (Lipinski definition) is 2. The van der Waals surface area contributed by atoms with Crippen LogP contribution >= 0.6 is 0 Å². The highest BCUT2D eigenvalue weighted by molar-refractivity contribution is 5.78. The van der Waals surface area contributed by atoms with Gasteiger partial charge in [0.05, 0.1) is 18.7 Å². The van der Waals surface area contributed by atoms with E-state index in [1.54, 1.807) is 13.3 Å². The Hall–Kier alpha value is -1.53. The van der Waals surface area contributed by atoms with Gasteiger partial charge in [-0.05, 0) is 24.1 Å². The average Bonchev–Trinajstić information content (AvgIpc) is 2.50. The molecule has 0 amide bonds. The molecule has 1 atom stereocenters. The normalized spacial score (nSPS) is 12.7. The highest BCUT2D eigenvalue weighted by Crippen LogP contribution is 2.20. The lowest BCUT2D eigenvalue weighted by atomic mass is 10.0. The molecular weight excluding hydrogens is 254 g/mol. The molecule has 0 aliphatic rings. The van der Waals surface area contributed by atoms with Crippen molar-refractivity contribution in [2.75, 3.05) is 26.9 Å². The van der Waals surface area contributed by atoms with Crippen LogP contribution in [0.4, 0.5) is 0 Å². The van der Waals surface area contributed by atoms with Crippen LogP contribution < -0.4 is 11.3 Å². The molecule has 0 saturated carbocycles. The molecule has 0 saturated heterocycles. The molecule has 0 fully saturated rings. The molecule has 2 rings (SSSR count).